The molecule has 84 valence electrons. The second-order valence-electron chi connectivity index (χ2n) is 3.09. The maximum Gasteiger partial charge on any atom is 0.452 e. The van der Waals surface area contributed by atoms with E-state index in [0.717, 1.165) is 11.1 Å². The molecule has 0 saturated heterocycles. The molecule has 0 unspecified atom stereocenters. The molecule has 6 heteroatoms. The Kier molecular flexibility index (Phi) is 3.83. The largest absolute Gasteiger partial charge is 0.452 e. The third kappa shape index (κ3) is 3.87. The van der Waals surface area contributed by atoms with E-state index in [4.69, 9.17) is 5.73 Å². The van der Waals surface area contributed by atoms with Crippen molar-refractivity contribution in [3.05, 3.63) is 23.3 Å². The molecule has 1 nitrogen and oxygen atoms in total. The Morgan fingerprint density at radius 3 is 2.27 bits per heavy atom. The molecule has 1 aromatic rings. The molecule has 0 atom stereocenters. The van der Waals surface area contributed by atoms with Gasteiger partial charge in [-0.2, -0.15) is 13.2 Å². The van der Waals surface area contributed by atoms with E-state index in [0.29, 0.717) is 21.4 Å². The van der Waals surface area contributed by atoms with Crippen LogP contribution in [0.25, 0.3) is 0 Å². The molecule has 0 bridgehead atoms. The summed E-state index contributed by atoms with van der Waals surface area (Å²) in [6, 6.07) is 3.36. The van der Waals surface area contributed by atoms with E-state index in [1.807, 2.05) is 6.92 Å². The first-order chi connectivity index (χ1) is 6.79. The summed E-state index contributed by atoms with van der Waals surface area (Å²) in [5.74, 6) is 0. The SMILES string of the molecule is Cc1cc(C)c(SSC(F)(F)F)cc1N. The van der Waals surface area contributed by atoms with Crippen molar-refractivity contribution in [1.82, 2.24) is 0 Å². The van der Waals surface area contributed by atoms with Gasteiger partial charge in [-0.1, -0.05) is 6.07 Å². The molecule has 0 heterocycles. The lowest BCUT2D eigenvalue weighted by Gasteiger charge is -2.09. The van der Waals surface area contributed by atoms with Crippen molar-refractivity contribution < 1.29 is 13.2 Å². The highest BCUT2D eigenvalue weighted by molar-refractivity contribution is 8.77. The van der Waals surface area contributed by atoms with Crippen LogP contribution in [-0.4, -0.2) is 5.51 Å². The van der Waals surface area contributed by atoms with Crippen molar-refractivity contribution in [2.75, 3.05) is 5.73 Å². The Hall–Kier alpha value is -0.490. The summed E-state index contributed by atoms with van der Waals surface area (Å²) in [5.41, 5.74) is 3.61. The first-order valence-electron chi connectivity index (χ1n) is 4.09. The van der Waals surface area contributed by atoms with E-state index < -0.39 is 5.51 Å². The minimum absolute atomic E-state index is 0.123. The van der Waals surface area contributed by atoms with E-state index in [1.165, 1.54) is 0 Å². The van der Waals surface area contributed by atoms with Gasteiger partial charge in [0.2, 0.25) is 0 Å². The standard InChI is InChI=1S/C9H10F3NS2/c1-5-3-6(2)8(4-7(5)13)14-15-9(10,11)12/h3-4H,13H2,1-2H3. The fourth-order valence-corrected chi connectivity index (χ4v) is 2.67. The zero-order valence-corrected chi connectivity index (χ0v) is 9.82. The fourth-order valence-electron chi connectivity index (χ4n) is 1.03. The van der Waals surface area contributed by atoms with Crippen molar-refractivity contribution in [1.29, 1.82) is 0 Å². The second kappa shape index (κ2) is 4.57. The van der Waals surface area contributed by atoms with Crippen molar-refractivity contribution in [2.24, 2.45) is 0 Å². The minimum Gasteiger partial charge on any atom is -0.398 e. The molecule has 0 aliphatic rings. The lowest BCUT2D eigenvalue weighted by atomic mass is 10.1. The molecule has 0 aromatic heterocycles. The van der Waals surface area contributed by atoms with Gasteiger partial charge in [-0.15, -0.1) is 0 Å². The molecule has 0 fully saturated rings. The summed E-state index contributed by atoms with van der Waals surface area (Å²) in [6.45, 7) is 3.60. The van der Waals surface area contributed by atoms with Crippen LogP contribution in [0.15, 0.2) is 17.0 Å². The lowest BCUT2D eigenvalue weighted by Crippen LogP contribution is -1.97. The van der Waals surface area contributed by atoms with Crippen molar-refractivity contribution in [3.8, 4) is 0 Å². The first-order valence-corrected chi connectivity index (χ1v) is 6.24. The van der Waals surface area contributed by atoms with Gasteiger partial charge in [0.05, 0.1) is 0 Å². The van der Waals surface area contributed by atoms with Crippen LogP contribution in [-0.2, 0) is 0 Å². The van der Waals surface area contributed by atoms with Gasteiger partial charge in [0.15, 0.2) is 0 Å². The second-order valence-corrected chi connectivity index (χ2v) is 5.32. The van der Waals surface area contributed by atoms with Crippen LogP contribution < -0.4 is 5.73 Å². The number of rotatable bonds is 2. The van der Waals surface area contributed by atoms with Gasteiger partial charge in [0.1, 0.15) is 0 Å². The number of hydrogen-bond donors (Lipinski definition) is 1. The monoisotopic (exact) mass is 253 g/mol. The number of nitrogens with two attached hydrogens (primary N) is 1. The molecular weight excluding hydrogens is 243 g/mol. The third-order valence-electron chi connectivity index (χ3n) is 1.79. The van der Waals surface area contributed by atoms with Gasteiger partial charge in [0, 0.05) is 21.4 Å². The third-order valence-corrected chi connectivity index (χ3v) is 4.04. The number of halogens is 3. The van der Waals surface area contributed by atoms with Crippen LogP contribution in [0.2, 0.25) is 0 Å². The average molecular weight is 253 g/mol. The molecule has 15 heavy (non-hydrogen) atoms. The highest BCUT2D eigenvalue weighted by Crippen LogP contribution is 2.45. The molecule has 1 aromatic carbocycles. The molecule has 1 rings (SSSR count). The van der Waals surface area contributed by atoms with Gasteiger partial charge in [-0.25, -0.2) is 0 Å². The number of alkyl halides is 3. The smallest absolute Gasteiger partial charge is 0.398 e. The van der Waals surface area contributed by atoms with Crippen molar-refractivity contribution in [3.63, 3.8) is 0 Å². The molecular formula is C9H10F3NS2. The summed E-state index contributed by atoms with van der Waals surface area (Å²) in [4.78, 5) is 0.556. The molecule has 0 spiro atoms. The van der Waals surface area contributed by atoms with Gasteiger partial charge in [-0.3, -0.25) is 0 Å². The summed E-state index contributed by atoms with van der Waals surface area (Å²) in [7, 11) is 0.565. The quantitative estimate of drug-likeness (QED) is 0.633. The molecule has 0 aliphatic heterocycles. The highest BCUT2D eigenvalue weighted by atomic mass is 33.1. The fraction of sp³-hybridized carbons (Fsp3) is 0.333. The highest BCUT2D eigenvalue weighted by Gasteiger charge is 2.29. The average Bonchev–Trinajstić information content (AvgIpc) is 2.07. The summed E-state index contributed by atoms with van der Waals surface area (Å²) in [5, 5.41) is 0. The molecule has 0 aliphatic carbocycles. The topological polar surface area (TPSA) is 26.0 Å². The normalized spacial score (nSPS) is 11.8. The maximum absolute atomic E-state index is 12.0. The van der Waals surface area contributed by atoms with Crippen molar-refractivity contribution >= 4 is 27.3 Å². The first kappa shape index (κ1) is 12.6. The molecule has 0 radical (unpaired) electrons. The molecule has 0 saturated carbocycles. The van der Waals surface area contributed by atoms with Gasteiger partial charge >= 0.3 is 5.51 Å². The number of benzene rings is 1. The molecule has 2 N–H and O–H groups in total. The number of nitrogen functional groups attached to an aromatic ring is 1. The van der Waals surface area contributed by atoms with E-state index >= 15 is 0 Å². The Balaban J connectivity index is 2.82. The predicted octanol–water partition coefficient (Wildman–Crippen LogP) is 4.15. The van der Waals surface area contributed by atoms with E-state index in [1.54, 1.807) is 19.1 Å². The predicted molar refractivity (Wildman–Crippen MR) is 59.8 cm³/mol. The Labute approximate surface area is 94.0 Å². The number of aryl methyl sites for hydroxylation is 2. The Bertz CT molecular complexity index is 363. The summed E-state index contributed by atoms with van der Waals surface area (Å²) in [6.07, 6.45) is 0. The van der Waals surface area contributed by atoms with Crippen molar-refractivity contribution in [2.45, 2.75) is 24.3 Å². The number of hydrogen-bond acceptors (Lipinski definition) is 3. The van der Waals surface area contributed by atoms with E-state index in [2.05, 4.69) is 0 Å². The van der Waals surface area contributed by atoms with Crippen LogP contribution in [0.4, 0.5) is 18.9 Å². The van der Waals surface area contributed by atoms with E-state index in [-0.39, 0.29) is 10.8 Å². The van der Waals surface area contributed by atoms with Crippen LogP contribution in [0.3, 0.4) is 0 Å². The molecule has 0 amide bonds. The summed E-state index contributed by atoms with van der Waals surface area (Å²) >= 11 is 0. The number of anilines is 1. The van der Waals surface area contributed by atoms with Crippen LogP contribution in [0.1, 0.15) is 11.1 Å². The zero-order chi connectivity index (χ0) is 11.6. The van der Waals surface area contributed by atoms with E-state index in [9.17, 15) is 13.2 Å². The minimum atomic E-state index is -4.23. The Morgan fingerprint density at radius 2 is 1.73 bits per heavy atom. The zero-order valence-electron chi connectivity index (χ0n) is 8.18. The van der Waals surface area contributed by atoms with Crippen LogP contribution in [0, 0.1) is 13.8 Å². The lowest BCUT2D eigenvalue weighted by molar-refractivity contribution is -0.0311. The van der Waals surface area contributed by atoms with Gasteiger partial charge < -0.3 is 5.73 Å². The van der Waals surface area contributed by atoms with Gasteiger partial charge in [-0.05, 0) is 41.8 Å². The van der Waals surface area contributed by atoms with Crippen LogP contribution in [0.5, 0.6) is 0 Å². The maximum atomic E-state index is 12.0. The van der Waals surface area contributed by atoms with Gasteiger partial charge in [0.25, 0.3) is 0 Å². The Morgan fingerprint density at radius 1 is 1.13 bits per heavy atom. The van der Waals surface area contributed by atoms with Crippen LogP contribution >= 0.6 is 21.6 Å². The summed E-state index contributed by atoms with van der Waals surface area (Å²) < 4.78 is 35.9.